The summed E-state index contributed by atoms with van der Waals surface area (Å²) in [5.74, 6) is 0. The minimum absolute atomic E-state index is 0.579. The van der Waals surface area contributed by atoms with Crippen LogP contribution in [0.25, 0.3) is 0 Å². The van der Waals surface area contributed by atoms with Crippen LogP contribution >= 0.6 is 0 Å². The normalized spacial score (nSPS) is 11.2. The highest BCUT2D eigenvalue weighted by Crippen LogP contribution is 1.82. The van der Waals surface area contributed by atoms with Crippen LogP contribution in [-0.4, -0.2) is 33.0 Å². The Labute approximate surface area is 74.5 Å². The molecule has 3 heteroatoms. The fourth-order valence-electron chi connectivity index (χ4n) is 0.680. The van der Waals surface area contributed by atoms with Gasteiger partial charge < -0.3 is 15.2 Å². The third-order valence-electron chi connectivity index (χ3n) is 1.24. The summed E-state index contributed by atoms with van der Waals surface area (Å²) >= 11 is 0. The van der Waals surface area contributed by atoms with E-state index in [9.17, 15) is 0 Å². The molecule has 0 unspecified atom stereocenters. The van der Waals surface area contributed by atoms with Gasteiger partial charge in [0.05, 0.1) is 19.8 Å². The second kappa shape index (κ2) is 10.6. The van der Waals surface area contributed by atoms with Crippen LogP contribution in [0.4, 0.5) is 0 Å². The average molecular weight is 173 g/mol. The topological polar surface area (TPSA) is 44.5 Å². The number of hydrogen-bond acceptors (Lipinski definition) is 3. The molecule has 0 atom stereocenters. The lowest BCUT2D eigenvalue weighted by Crippen LogP contribution is -2.05. The highest BCUT2D eigenvalue weighted by atomic mass is 16.5. The summed E-state index contributed by atoms with van der Waals surface area (Å²) in [6.45, 7) is 5.47. The average Bonchev–Trinajstić information content (AvgIpc) is 2.10. The van der Waals surface area contributed by atoms with E-state index in [0.29, 0.717) is 26.4 Å². The second-order valence-electron chi connectivity index (χ2n) is 2.39. The quantitative estimate of drug-likeness (QED) is 0.439. The van der Waals surface area contributed by atoms with Gasteiger partial charge in [-0.3, -0.25) is 0 Å². The van der Waals surface area contributed by atoms with Crippen molar-refractivity contribution in [2.24, 2.45) is 5.73 Å². The first-order valence-electron chi connectivity index (χ1n) is 4.42. The molecule has 0 radical (unpaired) electrons. The van der Waals surface area contributed by atoms with E-state index in [0.717, 1.165) is 13.0 Å². The largest absolute Gasteiger partial charge is 0.379 e. The van der Waals surface area contributed by atoms with Crippen molar-refractivity contribution in [2.45, 2.75) is 13.3 Å². The minimum atomic E-state index is 0.579. The van der Waals surface area contributed by atoms with E-state index < -0.39 is 0 Å². The Morgan fingerprint density at radius 3 is 2.50 bits per heavy atom. The van der Waals surface area contributed by atoms with Crippen molar-refractivity contribution in [3.8, 4) is 0 Å². The Bertz CT molecular complexity index is 105. The molecular formula is C9H19NO2. The lowest BCUT2D eigenvalue weighted by molar-refractivity contribution is 0.0587. The molecule has 0 aromatic rings. The molecule has 0 heterocycles. The summed E-state index contributed by atoms with van der Waals surface area (Å²) in [7, 11) is 0. The van der Waals surface area contributed by atoms with Gasteiger partial charge in [-0.15, -0.1) is 0 Å². The maximum absolute atomic E-state index is 5.24. The molecule has 0 rings (SSSR count). The van der Waals surface area contributed by atoms with Crippen LogP contribution in [0.15, 0.2) is 12.2 Å². The van der Waals surface area contributed by atoms with E-state index in [4.69, 9.17) is 15.2 Å². The van der Waals surface area contributed by atoms with E-state index in [1.165, 1.54) is 0 Å². The van der Waals surface area contributed by atoms with Crippen molar-refractivity contribution in [3.63, 3.8) is 0 Å². The van der Waals surface area contributed by atoms with E-state index in [2.05, 4.69) is 6.92 Å². The summed E-state index contributed by atoms with van der Waals surface area (Å²) in [4.78, 5) is 0. The van der Waals surface area contributed by atoms with Crippen molar-refractivity contribution in [2.75, 3.05) is 33.0 Å². The predicted octanol–water partition coefficient (Wildman–Crippen LogP) is 0.944. The van der Waals surface area contributed by atoms with E-state index in [1.54, 1.807) is 0 Å². The maximum atomic E-state index is 5.24. The van der Waals surface area contributed by atoms with Crippen LogP contribution in [0.5, 0.6) is 0 Å². The number of rotatable bonds is 8. The highest BCUT2D eigenvalue weighted by Gasteiger charge is 1.85. The Morgan fingerprint density at radius 2 is 1.83 bits per heavy atom. The summed E-state index contributed by atoms with van der Waals surface area (Å²) in [6, 6.07) is 0. The SMILES string of the molecule is CCCOCCOCC=CCN. The van der Waals surface area contributed by atoms with E-state index in [-0.39, 0.29) is 0 Å². The fourth-order valence-corrected chi connectivity index (χ4v) is 0.680. The molecule has 0 aliphatic heterocycles. The van der Waals surface area contributed by atoms with Crippen LogP contribution in [0, 0.1) is 0 Å². The van der Waals surface area contributed by atoms with Crippen molar-refractivity contribution in [1.82, 2.24) is 0 Å². The molecule has 0 aliphatic rings. The molecule has 0 saturated heterocycles. The monoisotopic (exact) mass is 173 g/mol. The van der Waals surface area contributed by atoms with Crippen LogP contribution < -0.4 is 5.73 Å². The van der Waals surface area contributed by atoms with Gasteiger partial charge in [0, 0.05) is 13.2 Å². The molecule has 0 aromatic carbocycles. The van der Waals surface area contributed by atoms with Gasteiger partial charge in [-0.25, -0.2) is 0 Å². The molecule has 0 aliphatic carbocycles. The molecule has 2 N–H and O–H groups in total. The molecule has 0 aromatic heterocycles. The third-order valence-corrected chi connectivity index (χ3v) is 1.24. The van der Waals surface area contributed by atoms with E-state index >= 15 is 0 Å². The first kappa shape index (κ1) is 11.6. The number of ether oxygens (including phenoxy) is 2. The number of hydrogen-bond donors (Lipinski definition) is 1. The van der Waals surface area contributed by atoms with Crippen molar-refractivity contribution >= 4 is 0 Å². The predicted molar refractivity (Wildman–Crippen MR) is 50.1 cm³/mol. The van der Waals surface area contributed by atoms with Gasteiger partial charge in [0.1, 0.15) is 0 Å². The highest BCUT2D eigenvalue weighted by molar-refractivity contribution is 4.81. The van der Waals surface area contributed by atoms with Gasteiger partial charge in [-0.1, -0.05) is 19.1 Å². The zero-order valence-electron chi connectivity index (χ0n) is 7.79. The lowest BCUT2D eigenvalue weighted by atomic mass is 10.5. The van der Waals surface area contributed by atoms with Crippen LogP contribution in [0.1, 0.15) is 13.3 Å². The van der Waals surface area contributed by atoms with Crippen LogP contribution in [0.2, 0.25) is 0 Å². The fraction of sp³-hybridized carbons (Fsp3) is 0.778. The summed E-state index contributed by atoms with van der Waals surface area (Å²) in [5.41, 5.74) is 5.24. The zero-order valence-corrected chi connectivity index (χ0v) is 7.79. The Balaban J connectivity index is 2.86. The first-order valence-corrected chi connectivity index (χ1v) is 4.42. The Hall–Kier alpha value is -0.380. The summed E-state index contributed by atoms with van der Waals surface area (Å²) in [6.07, 6.45) is 4.86. The smallest absolute Gasteiger partial charge is 0.0704 e. The molecule has 72 valence electrons. The summed E-state index contributed by atoms with van der Waals surface area (Å²) in [5, 5.41) is 0. The molecular weight excluding hydrogens is 154 g/mol. The van der Waals surface area contributed by atoms with Crippen molar-refractivity contribution in [3.05, 3.63) is 12.2 Å². The van der Waals surface area contributed by atoms with Gasteiger partial charge in [-0.2, -0.15) is 0 Å². The lowest BCUT2D eigenvalue weighted by Gasteiger charge is -2.01. The van der Waals surface area contributed by atoms with Gasteiger partial charge in [0.15, 0.2) is 0 Å². The molecule has 12 heavy (non-hydrogen) atoms. The molecule has 0 saturated carbocycles. The molecule has 0 bridgehead atoms. The van der Waals surface area contributed by atoms with Gasteiger partial charge in [0.2, 0.25) is 0 Å². The first-order chi connectivity index (χ1) is 5.91. The Kier molecular flexibility index (Phi) is 10.3. The minimum Gasteiger partial charge on any atom is -0.379 e. The van der Waals surface area contributed by atoms with Crippen molar-refractivity contribution < 1.29 is 9.47 Å². The van der Waals surface area contributed by atoms with E-state index in [1.807, 2.05) is 12.2 Å². The molecule has 0 spiro atoms. The van der Waals surface area contributed by atoms with Gasteiger partial charge >= 0.3 is 0 Å². The number of nitrogens with two attached hydrogens (primary N) is 1. The molecule has 0 amide bonds. The molecule has 0 fully saturated rings. The standard InChI is InChI=1S/C9H19NO2/c1-2-6-11-8-9-12-7-4-3-5-10/h3-4H,2,5-10H2,1H3. The Morgan fingerprint density at radius 1 is 1.08 bits per heavy atom. The molecule has 3 nitrogen and oxygen atoms in total. The zero-order chi connectivity index (χ0) is 9.07. The third kappa shape index (κ3) is 9.62. The van der Waals surface area contributed by atoms with Crippen molar-refractivity contribution in [1.29, 1.82) is 0 Å². The summed E-state index contributed by atoms with van der Waals surface area (Å²) < 4.78 is 10.4. The van der Waals surface area contributed by atoms with Gasteiger partial charge in [-0.05, 0) is 6.42 Å². The maximum Gasteiger partial charge on any atom is 0.0704 e. The van der Waals surface area contributed by atoms with Crippen LogP contribution in [0.3, 0.4) is 0 Å². The van der Waals surface area contributed by atoms with Crippen LogP contribution in [-0.2, 0) is 9.47 Å². The second-order valence-corrected chi connectivity index (χ2v) is 2.39. The van der Waals surface area contributed by atoms with Gasteiger partial charge in [0.25, 0.3) is 0 Å².